The average Bonchev–Trinajstić information content (AvgIpc) is 3.08. The summed E-state index contributed by atoms with van der Waals surface area (Å²) < 4.78 is 16.7. The van der Waals surface area contributed by atoms with Crippen molar-refractivity contribution in [1.29, 1.82) is 0 Å². The average molecular weight is 359 g/mol. The van der Waals surface area contributed by atoms with Gasteiger partial charge in [-0.3, -0.25) is 0 Å². The molecule has 0 radical (unpaired) electrons. The van der Waals surface area contributed by atoms with Crippen molar-refractivity contribution < 1.29 is 13.9 Å². The zero-order valence-electron chi connectivity index (χ0n) is 14.6. The van der Waals surface area contributed by atoms with E-state index in [1.807, 2.05) is 38.3 Å². The van der Waals surface area contributed by atoms with Gasteiger partial charge < -0.3 is 13.9 Å². The molecule has 6 heteroatoms. The Morgan fingerprint density at radius 3 is 2.88 bits per heavy atom. The molecule has 5 nitrogen and oxygen atoms in total. The minimum Gasteiger partial charge on any atom is -0.487 e. The lowest BCUT2D eigenvalue weighted by molar-refractivity contribution is 0.0760. The standard InChI is InChI=1S/C19H21NO4S/c1-4-13-8-18(21)24-17-9-15(6-7-16(13)17)23-10-14-11-25-19(20-14)12(3)22-5-2/h6-9,11-12H,4-5,10H2,1-3H3. The SMILES string of the molecule is CCOC(C)c1nc(COc2ccc3c(CC)cc(=O)oc3c2)cs1. The van der Waals surface area contributed by atoms with Crippen molar-refractivity contribution in [2.24, 2.45) is 0 Å². The lowest BCUT2D eigenvalue weighted by atomic mass is 10.1. The maximum absolute atomic E-state index is 11.6. The Labute approximate surface area is 150 Å². The minimum atomic E-state index is -0.337. The van der Waals surface area contributed by atoms with Crippen LogP contribution in [0.15, 0.2) is 38.9 Å². The van der Waals surface area contributed by atoms with E-state index in [9.17, 15) is 4.79 Å². The number of fused-ring (bicyclic) bond motifs is 1. The first-order valence-corrected chi connectivity index (χ1v) is 9.24. The molecule has 2 heterocycles. The van der Waals surface area contributed by atoms with E-state index in [0.717, 1.165) is 28.1 Å². The first-order valence-electron chi connectivity index (χ1n) is 8.36. The molecule has 0 spiro atoms. The van der Waals surface area contributed by atoms with Crippen molar-refractivity contribution >= 4 is 22.3 Å². The molecule has 1 atom stereocenters. The van der Waals surface area contributed by atoms with Gasteiger partial charge in [0.2, 0.25) is 0 Å². The highest BCUT2D eigenvalue weighted by Crippen LogP contribution is 2.25. The van der Waals surface area contributed by atoms with Gasteiger partial charge in [-0.05, 0) is 38.0 Å². The van der Waals surface area contributed by atoms with Crippen LogP contribution in [0.3, 0.4) is 0 Å². The van der Waals surface area contributed by atoms with Gasteiger partial charge in [-0.1, -0.05) is 6.92 Å². The molecule has 2 aromatic heterocycles. The normalized spacial score (nSPS) is 12.4. The zero-order valence-corrected chi connectivity index (χ0v) is 15.4. The third-order valence-corrected chi connectivity index (χ3v) is 4.96. The summed E-state index contributed by atoms with van der Waals surface area (Å²) in [5.74, 6) is 0.649. The Bertz CT molecular complexity index is 915. The fourth-order valence-corrected chi connectivity index (χ4v) is 3.45. The van der Waals surface area contributed by atoms with Crippen molar-refractivity contribution in [3.05, 3.63) is 56.3 Å². The topological polar surface area (TPSA) is 61.6 Å². The lowest BCUT2D eigenvalue weighted by Crippen LogP contribution is -2.02. The number of hydrogen-bond donors (Lipinski definition) is 0. The Hall–Kier alpha value is -2.18. The van der Waals surface area contributed by atoms with Crippen LogP contribution in [-0.2, 0) is 17.8 Å². The highest BCUT2D eigenvalue weighted by Gasteiger charge is 2.11. The molecule has 0 amide bonds. The number of thiazole rings is 1. The Kier molecular flexibility index (Phi) is 5.50. The molecular weight excluding hydrogens is 338 g/mol. The second kappa shape index (κ2) is 7.80. The molecule has 0 N–H and O–H groups in total. The van der Waals surface area contributed by atoms with Crippen molar-refractivity contribution in [3.8, 4) is 5.75 Å². The maximum Gasteiger partial charge on any atom is 0.336 e. The molecule has 1 unspecified atom stereocenters. The molecule has 0 fully saturated rings. The van der Waals surface area contributed by atoms with Crippen LogP contribution in [0.25, 0.3) is 11.0 Å². The fourth-order valence-electron chi connectivity index (χ4n) is 2.65. The third kappa shape index (κ3) is 4.08. The van der Waals surface area contributed by atoms with Crippen LogP contribution in [0.2, 0.25) is 0 Å². The van der Waals surface area contributed by atoms with Crippen molar-refractivity contribution in [2.75, 3.05) is 6.61 Å². The molecule has 25 heavy (non-hydrogen) atoms. The summed E-state index contributed by atoms with van der Waals surface area (Å²) in [7, 11) is 0. The van der Waals surface area contributed by atoms with Crippen LogP contribution < -0.4 is 10.4 Å². The Balaban J connectivity index is 1.74. The summed E-state index contributed by atoms with van der Waals surface area (Å²) in [5.41, 5.74) is 2.05. The molecule has 0 saturated heterocycles. The maximum atomic E-state index is 11.6. The van der Waals surface area contributed by atoms with Gasteiger partial charge >= 0.3 is 5.63 Å². The van der Waals surface area contributed by atoms with Gasteiger partial charge in [0.25, 0.3) is 0 Å². The summed E-state index contributed by atoms with van der Waals surface area (Å²) in [6.45, 7) is 6.99. The molecule has 1 aromatic carbocycles. The molecule has 0 aliphatic carbocycles. The summed E-state index contributed by atoms with van der Waals surface area (Å²) in [4.78, 5) is 16.2. The quantitative estimate of drug-likeness (QED) is 0.582. The predicted molar refractivity (Wildman–Crippen MR) is 98.3 cm³/mol. The first-order chi connectivity index (χ1) is 12.1. The van der Waals surface area contributed by atoms with Crippen LogP contribution in [-0.4, -0.2) is 11.6 Å². The summed E-state index contributed by atoms with van der Waals surface area (Å²) in [6.07, 6.45) is 0.771. The number of benzene rings is 1. The van der Waals surface area contributed by atoms with E-state index in [1.54, 1.807) is 23.5 Å². The van der Waals surface area contributed by atoms with Gasteiger partial charge in [0.15, 0.2) is 0 Å². The smallest absolute Gasteiger partial charge is 0.336 e. The van der Waals surface area contributed by atoms with E-state index in [0.29, 0.717) is 24.5 Å². The Morgan fingerprint density at radius 1 is 1.28 bits per heavy atom. The van der Waals surface area contributed by atoms with Crippen LogP contribution in [0.1, 0.15) is 43.1 Å². The summed E-state index contributed by atoms with van der Waals surface area (Å²) in [6, 6.07) is 7.11. The van der Waals surface area contributed by atoms with E-state index >= 15 is 0 Å². The van der Waals surface area contributed by atoms with E-state index < -0.39 is 0 Å². The molecule has 0 aliphatic rings. The number of aryl methyl sites for hydroxylation is 1. The zero-order chi connectivity index (χ0) is 17.8. The monoisotopic (exact) mass is 359 g/mol. The van der Waals surface area contributed by atoms with Gasteiger partial charge in [-0.25, -0.2) is 9.78 Å². The fraction of sp³-hybridized carbons (Fsp3) is 0.368. The van der Waals surface area contributed by atoms with Crippen LogP contribution in [0, 0.1) is 0 Å². The minimum absolute atomic E-state index is 0.00819. The van der Waals surface area contributed by atoms with E-state index in [2.05, 4.69) is 4.98 Å². The predicted octanol–water partition coefficient (Wildman–Crippen LogP) is 4.49. The Morgan fingerprint density at radius 2 is 2.12 bits per heavy atom. The van der Waals surface area contributed by atoms with Crippen molar-refractivity contribution in [2.45, 2.75) is 39.9 Å². The van der Waals surface area contributed by atoms with Crippen LogP contribution in [0.5, 0.6) is 5.75 Å². The van der Waals surface area contributed by atoms with E-state index in [1.165, 1.54) is 0 Å². The van der Waals surface area contributed by atoms with Crippen molar-refractivity contribution in [1.82, 2.24) is 4.98 Å². The first kappa shape index (κ1) is 17.6. The van der Waals surface area contributed by atoms with Gasteiger partial charge in [0.05, 0.1) is 5.69 Å². The van der Waals surface area contributed by atoms with Gasteiger partial charge in [0, 0.05) is 29.5 Å². The molecule has 3 aromatic rings. The molecule has 0 aliphatic heterocycles. The number of aromatic nitrogens is 1. The molecule has 0 saturated carbocycles. The number of rotatable bonds is 7. The highest BCUT2D eigenvalue weighted by molar-refractivity contribution is 7.09. The molecule has 132 valence electrons. The van der Waals surface area contributed by atoms with Crippen molar-refractivity contribution in [3.63, 3.8) is 0 Å². The van der Waals surface area contributed by atoms with E-state index in [4.69, 9.17) is 13.9 Å². The van der Waals surface area contributed by atoms with Gasteiger partial charge in [-0.2, -0.15) is 0 Å². The molecular formula is C19H21NO4S. The molecule has 3 rings (SSSR count). The van der Waals surface area contributed by atoms with E-state index in [-0.39, 0.29) is 11.7 Å². The third-order valence-electron chi connectivity index (χ3n) is 3.90. The number of nitrogens with zero attached hydrogens (tertiary/aromatic N) is 1. The second-order valence-corrected chi connectivity index (χ2v) is 6.56. The molecule has 0 bridgehead atoms. The second-order valence-electron chi connectivity index (χ2n) is 5.67. The van der Waals surface area contributed by atoms with Gasteiger partial charge in [-0.15, -0.1) is 11.3 Å². The van der Waals surface area contributed by atoms with Crippen LogP contribution >= 0.6 is 11.3 Å². The highest BCUT2D eigenvalue weighted by atomic mass is 32.1. The number of hydrogen-bond acceptors (Lipinski definition) is 6. The lowest BCUT2D eigenvalue weighted by Gasteiger charge is -2.08. The van der Waals surface area contributed by atoms with Crippen LogP contribution in [0.4, 0.5) is 0 Å². The summed E-state index contributed by atoms with van der Waals surface area (Å²) in [5, 5.41) is 3.86. The largest absolute Gasteiger partial charge is 0.487 e. The number of ether oxygens (including phenoxy) is 2. The summed E-state index contributed by atoms with van der Waals surface area (Å²) >= 11 is 1.57. The van der Waals surface area contributed by atoms with Gasteiger partial charge in [0.1, 0.15) is 29.1 Å².